The van der Waals surface area contributed by atoms with Crippen molar-refractivity contribution in [2.45, 2.75) is 6.92 Å². The molecule has 140 valence electrons. The van der Waals surface area contributed by atoms with E-state index in [-0.39, 0.29) is 16.7 Å². The van der Waals surface area contributed by atoms with E-state index in [2.05, 4.69) is 15.7 Å². The van der Waals surface area contributed by atoms with E-state index in [0.29, 0.717) is 10.7 Å². The van der Waals surface area contributed by atoms with E-state index >= 15 is 0 Å². The van der Waals surface area contributed by atoms with Gasteiger partial charge in [0.1, 0.15) is 17.6 Å². The number of phenols is 1. The highest BCUT2D eigenvalue weighted by atomic mass is 35.5. The maximum absolute atomic E-state index is 12.3. The van der Waals surface area contributed by atoms with Crippen LogP contribution < -0.4 is 16.3 Å². The zero-order valence-corrected chi connectivity index (χ0v) is 14.8. The molecule has 9 nitrogen and oxygen atoms in total. The quantitative estimate of drug-likeness (QED) is 0.531. The van der Waals surface area contributed by atoms with Crippen LogP contribution in [-0.2, 0) is 4.79 Å². The van der Waals surface area contributed by atoms with E-state index < -0.39 is 17.6 Å². The topological polar surface area (TPSA) is 134 Å². The summed E-state index contributed by atoms with van der Waals surface area (Å²) >= 11 is 5.76. The summed E-state index contributed by atoms with van der Waals surface area (Å²) in [5, 5.41) is 20.4. The maximum atomic E-state index is 12.3. The summed E-state index contributed by atoms with van der Waals surface area (Å²) in [5.41, 5.74) is 2.55. The molecule has 0 saturated heterocycles. The number of carbonyl (C=O) groups is 2. The first-order valence-corrected chi connectivity index (χ1v) is 7.88. The number of nitrogens with one attached hydrogen (secondary N) is 2. The van der Waals surface area contributed by atoms with Crippen molar-refractivity contribution in [2.75, 3.05) is 10.7 Å². The number of amides is 2. The molecule has 2 amide bonds. The number of benzene rings is 2. The van der Waals surface area contributed by atoms with Crippen molar-refractivity contribution in [3.8, 4) is 5.75 Å². The average molecular weight is 391 g/mol. The molecule has 1 aromatic heterocycles. The number of aromatic nitrogens is 2. The number of rotatable bonds is 2. The Labute approximate surface area is 157 Å². The van der Waals surface area contributed by atoms with Crippen molar-refractivity contribution in [3.05, 3.63) is 64.2 Å². The van der Waals surface area contributed by atoms with Gasteiger partial charge in [0, 0.05) is 17.6 Å². The molecule has 3 aromatic rings. The van der Waals surface area contributed by atoms with Gasteiger partial charge in [-0.3, -0.25) is 9.59 Å². The Balaban J connectivity index is 0.000000596. The summed E-state index contributed by atoms with van der Waals surface area (Å²) in [4.78, 5) is 37.2. The molecule has 0 aliphatic carbocycles. The van der Waals surface area contributed by atoms with E-state index in [1.165, 1.54) is 18.2 Å². The van der Waals surface area contributed by atoms with Gasteiger partial charge in [0.25, 0.3) is 11.5 Å². The maximum Gasteiger partial charge on any atom is 0.338 e. The number of carbonyl (C=O) groups excluding carboxylic acids is 1. The molecule has 0 atom stereocenters. The highest BCUT2D eigenvalue weighted by molar-refractivity contribution is 6.30. The van der Waals surface area contributed by atoms with Crippen molar-refractivity contribution in [2.24, 2.45) is 0 Å². The fourth-order valence-electron chi connectivity index (χ4n) is 2.02. The fraction of sp³-hybridized carbons (Fsp3) is 0.0588. The number of urea groups is 1. The highest BCUT2D eigenvalue weighted by Crippen LogP contribution is 2.18. The molecular weight excluding hydrogens is 376 g/mol. The molecular formula is C17H15ClN4O5. The van der Waals surface area contributed by atoms with Gasteiger partial charge in [-0.05, 0) is 36.4 Å². The van der Waals surface area contributed by atoms with Crippen LogP contribution in [0.3, 0.4) is 0 Å². The van der Waals surface area contributed by atoms with E-state index in [4.69, 9.17) is 21.5 Å². The molecule has 27 heavy (non-hydrogen) atoms. The van der Waals surface area contributed by atoms with Gasteiger partial charge in [-0.2, -0.15) is 0 Å². The molecule has 0 spiro atoms. The van der Waals surface area contributed by atoms with Crippen LogP contribution in [0.4, 0.5) is 10.5 Å². The summed E-state index contributed by atoms with van der Waals surface area (Å²) < 4.78 is 0.938. The van der Waals surface area contributed by atoms with Crippen molar-refractivity contribution < 1.29 is 19.8 Å². The van der Waals surface area contributed by atoms with Crippen LogP contribution in [0.1, 0.15) is 6.92 Å². The van der Waals surface area contributed by atoms with Crippen LogP contribution in [0, 0.1) is 0 Å². The summed E-state index contributed by atoms with van der Waals surface area (Å²) in [5.74, 6) is -0.933. The first kappa shape index (κ1) is 19.7. The van der Waals surface area contributed by atoms with E-state index in [9.17, 15) is 14.7 Å². The largest absolute Gasteiger partial charge is 0.506 e. The second-order valence-corrected chi connectivity index (χ2v) is 5.62. The molecule has 0 aliphatic heterocycles. The number of aromatic hydroxyl groups is 1. The molecule has 4 N–H and O–H groups in total. The Morgan fingerprint density at radius 1 is 1.15 bits per heavy atom. The molecule has 0 aliphatic rings. The van der Waals surface area contributed by atoms with Crippen LogP contribution in [-0.4, -0.2) is 31.9 Å². The van der Waals surface area contributed by atoms with Gasteiger partial charge in [-0.15, -0.1) is 0 Å². The summed E-state index contributed by atoms with van der Waals surface area (Å²) in [6.07, 6.45) is 1.13. The van der Waals surface area contributed by atoms with Crippen molar-refractivity contribution in [1.82, 2.24) is 9.66 Å². The standard InChI is InChI=1S/C15H11ClN4O3.C2H4O2/c16-9-4-6-10(7-5-9)18-15(23)19-20-8-17-13-11(14(20)22)2-1-3-12(13)21;1-2(3)4/h1-8,21H,(H2,18,19,23);1H3,(H,3,4). The average Bonchev–Trinajstić information content (AvgIpc) is 2.59. The minimum atomic E-state index is -0.833. The van der Waals surface area contributed by atoms with Crippen molar-refractivity contribution in [3.63, 3.8) is 0 Å². The van der Waals surface area contributed by atoms with Gasteiger partial charge in [-0.1, -0.05) is 17.7 Å². The van der Waals surface area contributed by atoms with Crippen LogP contribution in [0.2, 0.25) is 5.02 Å². The molecule has 0 fully saturated rings. The lowest BCUT2D eigenvalue weighted by Gasteiger charge is -2.10. The smallest absolute Gasteiger partial charge is 0.338 e. The fourth-order valence-corrected chi connectivity index (χ4v) is 2.14. The van der Waals surface area contributed by atoms with E-state index in [0.717, 1.165) is 17.9 Å². The number of carboxylic acids is 1. The Kier molecular flexibility index (Phi) is 6.34. The Hall–Kier alpha value is -3.59. The number of halogens is 1. The molecule has 1 heterocycles. The number of hydrogen-bond donors (Lipinski definition) is 4. The van der Waals surface area contributed by atoms with Crippen LogP contribution in [0.5, 0.6) is 5.75 Å². The summed E-state index contributed by atoms with van der Waals surface area (Å²) in [6, 6.07) is 10.4. The van der Waals surface area contributed by atoms with Gasteiger partial charge >= 0.3 is 6.03 Å². The first-order chi connectivity index (χ1) is 12.8. The van der Waals surface area contributed by atoms with Crippen molar-refractivity contribution in [1.29, 1.82) is 0 Å². The number of para-hydroxylation sites is 1. The van der Waals surface area contributed by atoms with Crippen molar-refractivity contribution >= 4 is 40.2 Å². The highest BCUT2D eigenvalue weighted by Gasteiger charge is 2.09. The Morgan fingerprint density at radius 3 is 2.41 bits per heavy atom. The minimum Gasteiger partial charge on any atom is -0.506 e. The lowest BCUT2D eigenvalue weighted by atomic mass is 10.2. The van der Waals surface area contributed by atoms with E-state index in [1.54, 1.807) is 24.3 Å². The van der Waals surface area contributed by atoms with Crippen LogP contribution >= 0.6 is 11.6 Å². The van der Waals surface area contributed by atoms with Crippen LogP contribution in [0.15, 0.2) is 53.6 Å². The Morgan fingerprint density at radius 2 is 1.78 bits per heavy atom. The number of fused-ring (bicyclic) bond motifs is 1. The second-order valence-electron chi connectivity index (χ2n) is 5.18. The minimum absolute atomic E-state index is 0.0997. The zero-order valence-electron chi connectivity index (χ0n) is 14.0. The monoisotopic (exact) mass is 390 g/mol. The van der Waals surface area contributed by atoms with Gasteiger partial charge in [-0.25, -0.2) is 19.9 Å². The van der Waals surface area contributed by atoms with Gasteiger partial charge in [0.05, 0.1) is 5.39 Å². The SMILES string of the molecule is CC(=O)O.O=C(Nc1ccc(Cl)cc1)Nn1cnc2c(O)cccc2c1=O. The molecule has 3 rings (SSSR count). The second kappa shape index (κ2) is 8.68. The number of aliphatic carboxylic acids is 1. The molecule has 0 unspecified atom stereocenters. The lowest BCUT2D eigenvalue weighted by Crippen LogP contribution is -2.35. The molecule has 10 heteroatoms. The van der Waals surface area contributed by atoms with Gasteiger partial charge < -0.3 is 15.5 Å². The summed E-state index contributed by atoms with van der Waals surface area (Å²) in [6.45, 7) is 1.08. The molecule has 0 bridgehead atoms. The molecule has 2 aromatic carbocycles. The Bertz CT molecular complexity index is 1030. The number of phenolic OH excluding ortho intramolecular Hbond substituents is 1. The predicted octanol–water partition coefficient (Wildman–Crippen LogP) is 2.62. The molecule has 0 saturated carbocycles. The number of nitrogens with zero attached hydrogens (tertiary/aromatic N) is 2. The zero-order chi connectivity index (χ0) is 20.0. The number of carboxylic acid groups (broad SMARTS) is 1. The predicted molar refractivity (Wildman–Crippen MR) is 101 cm³/mol. The van der Waals surface area contributed by atoms with E-state index in [1.807, 2.05) is 0 Å². The van der Waals surface area contributed by atoms with Gasteiger partial charge in [0.2, 0.25) is 0 Å². The third-order valence-electron chi connectivity index (χ3n) is 3.09. The molecule has 0 radical (unpaired) electrons. The third-order valence-corrected chi connectivity index (χ3v) is 3.34. The van der Waals surface area contributed by atoms with Crippen LogP contribution in [0.25, 0.3) is 10.9 Å². The lowest BCUT2D eigenvalue weighted by molar-refractivity contribution is -0.134. The number of anilines is 1. The summed E-state index contributed by atoms with van der Waals surface area (Å²) in [7, 11) is 0. The normalized spacial score (nSPS) is 9.85. The van der Waals surface area contributed by atoms with Gasteiger partial charge in [0.15, 0.2) is 0 Å². The third kappa shape index (κ3) is 5.44. The number of hydrogen-bond acceptors (Lipinski definition) is 5. The first-order valence-electron chi connectivity index (χ1n) is 7.50.